The van der Waals surface area contributed by atoms with Gasteiger partial charge in [-0.3, -0.25) is 14.5 Å². The highest BCUT2D eigenvalue weighted by Gasteiger charge is 2.36. The zero-order chi connectivity index (χ0) is 14.3. The third kappa shape index (κ3) is 4.19. The van der Waals surface area contributed by atoms with Crippen LogP contribution in [0.25, 0.3) is 0 Å². The maximum Gasteiger partial charge on any atom is 0.329 e. The molecule has 1 heterocycles. The van der Waals surface area contributed by atoms with Crippen molar-refractivity contribution in [2.24, 2.45) is 0 Å². The van der Waals surface area contributed by atoms with Gasteiger partial charge in [-0.1, -0.05) is 33.1 Å². The summed E-state index contributed by atoms with van der Waals surface area (Å²) in [7, 11) is 0. The lowest BCUT2D eigenvalue weighted by atomic mass is 10.1. The number of carbonyl (C=O) groups excluding carboxylic acids is 3. The third-order valence-corrected chi connectivity index (χ3v) is 2.98. The first-order chi connectivity index (χ1) is 9.11. The van der Waals surface area contributed by atoms with Crippen LogP contribution in [-0.4, -0.2) is 35.3 Å². The van der Waals surface area contributed by atoms with Gasteiger partial charge in [0.15, 0.2) is 0 Å². The molecule has 5 heteroatoms. The largest absolute Gasteiger partial charge is 0.464 e. The fourth-order valence-corrected chi connectivity index (χ4v) is 1.97. The highest BCUT2D eigenvalue weighted by molar-refractivity contribution is 6.14. The predicted octanol–water partition coefficient (Wildman–Crippen LogP) is 1.81. The summed E-state index contributed by atoms with van der Waals surface area (Å²) in [6, 6.07) is -0.790. The zero-order valence-corrected chi connectivity index (χ0v) is 11.6. The van der Waals surface area contributed by atoms with Crippen LogP contribution in [0, 0.1) is 0 Å². The van der Waals surface area contributed by atoms with Gasteiger partial charge < -0.3 is 4.74 Å². The summed E-state index contributed by atoms with van der Waals surface area (Å²) >= 11 is 0. The molecule has 0 fully saturated rings. The predicted molar refractivity (Wildman–Crippen MR) is 70.2 cm³/mol. The molecule has 0 N–H and O–H groups in total. The van der Waals surface area contributed by atoms with Crippen LogP contribution in [0.2, 0.25) is 0 Å². The highest BCUT2D eigenvalue weighted by atomic mass is 16.5. The van der Waals surface area contributed by atoms with E-state index in [4.69, 9.17) is 4.74 Å². The van der Waals surface area contributed by atoms with Crippen molar-refractivity contribution in [3.63, 3.8) is 0 Å². The van der Waals surface area contributed by atoms with E-state index in [9.17, 15) is 14.4 Å². The van der Waals surface area contributed by atoms with Gasteiger partial charge in [0.25, 0.3) is 11.8 Å². The molecule has 2 amide bonds. The summed E-state index contributed by atoms with van der Waals surface area (Å²) in [4.78, 5) is 36.2. The Labute approximate surface area is 113 Å². The van der Waals surface area contributed by atoms with E-state index in [2.05, 4.69) is 6.92 Å². The lowest BCUT2D eigenvalue weighted by Gasteiger charge is -2.24. The van der Waals surface area contributed by atoms with Crippen LogP contribution in [0.3, 0.4) is 0 Å². The molecule has 1 unspecified atom stereocenters. The van der Waals surface area contributed by atoms with E-state index < -0.39 is 23.8 Å². The molecule has 1 aliphatic rings. The number of ether oxygens (including phenoxy) is 1. The lowest BCUT2D eigenvalue weighted by Crippen LogP contribution is -2.45. The molecule has 1 rings (SSSR count). The summed E-state index contributed by atoms with van der Waals surface area (Å²) in [6.45, 7) is 4.31. The summed E-state index contributed by atoms with van der Waals surface area (Å²) in [5.41, 5.74) is 0. The lowest BCUT2D eigenvalue weighted by molar-refractivity contribution is -0.158. The zero-order valence-electron chi connectivity index (χ0n) is 11.6. The monoisotopic (exact) mass is 267 g/mol. The Hall–Kier alpha value is -1.65. The normalized spacial score (nSPS) is 16.0. The van der Waals surface area contributed by atoms with Crippen LogP contribution >= 0.6 is 0 Å². The third-order valence-electron chi connectivity index (χ3n) is 2.98. The number of rotatable bonds is 8. The summed E-state index contributed by atoms with van der Waals surface area (Å²) < 4.78 is 5.16. The Morgan fingerprint density at radius 2 is 1.79 bits per heavy atom. The van der Waals surface area contributed by atoms with Gasteiger partial charge in [-0.25, -0.2) is 4.79 Å². The molecule has 1 aliphatic heterocycles. The van der Waals surface area contributed by atoms with Crippen molar-refractivity contribution in [2.75, 3.05) is 6.61 Å². The second-order valence-corrected chi connectivity index (χ2v) is 4.56. The smallest absolute Gasteiger partial charge is 0.329 e. The first-order valence-corrected chi connectivity index (χ1v) is 6.83. The number of esters is 1. The number of hydrogen-bond acceptors (Lipinski definition) is 4. The van der Waals surface area contributed by atoms with Gasteiger partial charge in [0.1, 0.15) is 6.04 Å². The Morgan fingerprint density at radius 3 is 2.32 bits per heavy atom. The molecule has 0 radical (unpaired) electrons. The van der Waals surface area contributed by atoms with E-state index in [1.807, 2.05) is 6.92 Å². The molecule has 5 nitrogen and oxygen atoms in total. The van der Waals surface area contributed by atoms with Gasteiger partial charge in [-0.15, -0.1) is 0 Å². The molecular formula is C14H21NO4. The van der Waals surface area contributed by atoms with Gasteiger partial charge in [-0.05, 0) is 12.8 Å². The van der Waals surface area contributed by atoms with E-state index in [1.165, 1.54) is 12.2 Å². The van der Waals surface area contributed by atoms with Crippen LogP contribution in [0.1, 0.15) is 46.0 Å². The molecule has 0 aromatic rings. The average molecular weight is 267 g/mol. The Morgan fingerprint density at radius 1 is 1.16 bits per heavy atom. The van der Waals surface area contributed by atoms with E-state index in [1.54, 1.807) is 0 Å². The maximum absolute atomic E-state index is 12.0. The minimum absolute atomic E-state index is 0.344. The number of amides is 2. The summed E-state index contributed by atoms with van der Waals surface area (Å²) in [5.74, 6) is -1.36. The van der Waals surface area contributed by atoms with Crippen molar-refractivity contribution in [3.8, 4) is 0 Å². The average Bonchev–Trinajstić information content (AvgIpc) is 2.71. The molecular weight excluding hydrogens is 246 g/mol. The molecule has 1 atom stereocenters. The van der Waals surface area contributed by atoms with Gasteiger partial charge in [-0.2, -0.15) is 0 Å². The fourth-order valence-electron chi connectivity index (χ4n) is 1.97. The van der Waals surface area contributed by atoms with Crippen molar-refractivity contribution in [3.05, 3.63) is 12.2 Å². The van der Waals surface area contributed by atoms with Crippen LogP contribution < -0.4 is 0 Å². The first-order valence-electron chi connectivity index (χ1n) is 6.83. The van der Waals surface area contributed by atoms with E-state index in [0.717, 1.165) is 24.2 Å². The SMILES string of the molecule is CCCCCOC(=O)C(CCC)N1C(=O)C=CC1=O. The summed E-state index contributed by atoms with van der Waals surface area (Å²) in [5, 5.41) is 0. The molecule has 0 saturated heterocycles. The molecule has 0 saturated carbocycles. The first kappa shape index (κ1) is 15.4. The molecule has 0 spiro atoms. The van der Waals surface area contributed by atoms with Crippen LogP contribution in [-0.2, 0) is 19.1 Å². The Kier molecular flexibility index (Phi) is 6.25. The van der Waals surface area contributed by atoms with Crippen LogP contribution in [0.5, 0.6) is 0 Å². The standard InChI is InChI=1S/C14H21NO4/c1-3-5-6-10-19-14(18)11(7-4-2)15-12(16)8-9-13(15)17/h8-9,11H,3-7,10H2,1-2H3. The number of nitrogens with zero attached hydrogens (tertiary/aromatic N) is 1. The van der Waals surface area contributed by atoms with Crippen molar-refractivity contribution in [2.45, 2.75) is 52.0 Å². The van der Waals surface area contributed by atoms with E-state index in [-0.39, 0.29) is 0 Å². The molecule has 106 valence electrons. The van der Waals surface area contributed by atoms with Crippen LogP contribution in [0.15, 0.2) is 12.2 Å². The van der Waals surface area contributed by atoms with Crippen molar-refractivity contribution < 1.29 is 19.1 Å². The van der Waals surface area contributed by atoms with Crippen molar-refractivity contribution in [1.82, 2.24) is 4.90 Å². The van der Waals surface area contributed by atoms with Crippen molar-refractivity contribution in [1.29, 1.82) is 0 Å². The highest BCUT2D eigenvalue weighted by Crippen LogP contribution is 2.15. The van der Waals surface area contributed by atoms with Crippen molar-refractivity contribution >= 4 is 17.8 Å². The topological polar surface area (TPSA) is 63.7 Å². The fraction of sp³-hybridized carbons (Fsp3) is 0.643. The molecule has 0 bridgehead atoms. The van der Waals surface area contributed by atoms with Gasteiger partial charge in [0.05, 0.1) is 6.61 Å². The summed E-state index contributed by atoms with van der Waals surface area (Å²) in [6.07, 6.45) is 6.36. The van der Waals surface area contributed by atoms with Crippen LogP contribution in [0.4, 0.5) is 0 Å². The van der Waals surface area contributed by atoms with Gasteiger partial charge in [0.2, 0.25) is 0 Å². The van der Waals surface area contributed by atoms with Gasteiger partial charge >= 0.3 is 5.97 Å². The number of unbranched alkanes of at least 4 members (excludes halogenated alkanes) is 2. The molecule has 19 heavy (non-hydrogen) atoms. The van der Waals surface area contributed by atoms with Gasteiger partial charge in [0, 0.05) is 12.2 Å². The Bertz CT molecular complexity index is 358. The number of imide groups is 1. The van der Waals surface area contributed by atoms with E-state index in [0.29, 0.717) is 19.4 Å². The quantitative estimate of drug-likeness (QED) is 0.382. The maximum atomic E-state index is 12.0. The molecule has 0 aliphatic carbocycles. The molecule has 0 aromatic carbocycles. The number of carbonyl (C=O) groups is 3. The number of hydrogen-bond donors (Lipinski definition) is 0. The second kappa shape index (κ2) is 7.71. The minimum Gasteiger partial charge on any atom is -0.464 e. The van der Waals surface area contributed by atoms with E-state index >= 15 is 0 Å². The molecule has 0 aromatic heterocycles. The second-order valence-electron chi connectivity index (χ2n) is 4.56. The minimum atomic E-state index is -0.790. The Balaban J connectivity index is 2.59.